The maximum absolute atomic E-state index is 12.8. The van der Waals surface area contributed by atoms with Crippen molar-refractivity contribution in [3.05, 3.63) is 66.0 Å². The molecule has 1 aliphatic rings. The van der Waals surface area contributed by atoms with E-state index < -0.39 is 0 Å². The number of amidine groups is 1. The lowest BCUT2D eigenvalue weighted by Crippen LogP contribution is -2.25. The SMILES string of the molecule is Fc1ccc(N=C2NN=C(c3ccccc3)CS2)cc1. The summed E-state index contributed by atoms with van der Waals surface area (Å²) in [5.41, 5.74) is 5.75. The van der Waals surface area contributed by atoms with E-state index in [0.717, 1.165) is 22.2 Å². The van der Waals surface area contributed by atoms with E-state index in [1.807, 2.05) is 30.3 Å². The summed E-state index contributed by atoms with van der Waals surface area (Å²) in [7, 11) is 0. The fourth-order valence-corrected chi connectivity index (χ4v) is 2.57. The van der Waals surface area contributed by atoms with Gasteiger partial charge in [-0.05, 0) is 29.8 Å². The van der Waals surface area contributed by atoms with Gasteiger partial charge in [0.1, 0.15) is 5.82 Å². The van der Waals surface area contributed by atoms with Crippen molar-refractivity contribution >= 4 is 28.3 Å². The van der Waals surface area contributed by atoms with E-state index >= 15 is 0 Å². The zero-order valence-electron chi connectivity index (χ0n) is 10.6. The maximum Gasteiger partial charge on any atom is 0.182 e. The van der Waals surface area contributed by atoms with Gasteiger partial charge >= 0.3 is 0 Å². The zero-order valence-corrected chi connectivity index (χ0v) is 11.4. The van der Waals surface area contributed by atoms with Gasteiger partial charge in [0.15, 0.2) is 5.17 Å². The van der Waals surface area contributed by atoms with Gasteiger partial charge in [0.2, 0.25) is 0 Å². The quantitative estimate of drug-likeness (QED) is 0.916. The van der Waals surface area contributed by atoms with Gasteiger partial charge in [-0.2, -0.15) is 5.10 Å². The highest BCUT2D eigenvalue weighted by atomic mass is 32.2. The van der Waals surface area contributed by atoms with Crippen molar-refractivity contribution in [1.29, 1.82) is 0 Å². The Kier molecular flexibility index (Phi) is 3.78. The number of nitrogens with one attached hydrogen (secondary N) is 1. The van der Waals surface area contributed by atoms with Crippen LogP contribution in [-0.4, -0.2) is 16.6 Å². The van der Waals surface area contributed by atoms with Crippen LogP contribution in [0.1, 0.15) is 5.56 Å². The number of hydrogen-bond donors (Lipinski definition) is 1. The Morgan fingerprint density at radius 2 is 1.80 bits per heavy atom. The number of hydrogen-bond acceptors (Lipinski definition) is 3. The van der Waals surface area contributed by atoms with Crippen LogP contribution >= 0.6 is 11.8 Å². The molecule has 0 fully saturated rings. The van der Waals surface area contributed by atoms with Gasteiger partial charge in [-0.3, -0.25) is 5.43 Å². The first kappa shape index (κ1) is 12.9. The Labute approximate surface area is 120 Å². The Balaban J connectivity index is 1.74. The van der Waals surface area contributed by atoms with Crippen LogP contribution in [0.3, 0.4) is 0 Å². The zero-order chi connectivity index (χ0) is 13.8. The van der Waals surface area contributed by atoms with Crippen LogP contribution in [0.4, 0.5) is 10.1 Å². The number of benzene rings is 2. The predicted octanol–water partition coefficient (Wildman–Crippen LogP) is 3.55. The first-order valence-electron chi connectivity index (χ1n) is 6.16. The van der Waals surface area contributed by atoms with Gasteiger partial charge in [0.25, 0.3) is 0 Å². The summed E-state index contributed by atoms with van der Waals surface area (Å²) < 4.78 is 12.8. The van der Waals surface area contributed by atoms with Crippen LogP contribution in [0.2, 0.25) is 0 Å². The summed E-state index contributed by atoms with van der Waals surface area (Å²) in [6, 6.07) is 16.1. The second kappa shape index (κ2) is 5.88. The lowest BCUT2D eigenvalue weighted by atomic mass is 10.1. The maximum atomic E-state index is 12.8. The monoisotopic (exact) mass is 285 g/mol. The van der Waals surface area contributed by atoms with Crippen molar-refractivity contribution in [2.75, 3.05) is 5.75 Å². The fourth-order valence-electron chi connectivity index (χ4n) is 1.79. The molecule has 2 aromatic carbocycles. The van der Waals surface area contributed by atoms with Crippen LogP contribution in [0, 0.1) is 5.82 Å². The highest BCUT2D eigenvalue weighted by Gasteiger charge is 2.12. The first-order chi connectivity index (χ1) is 9.81. The molecule has 0 amide bonds. The molecule has 20 heavy (non-hydrogen) atoms. The summed E-state index contributed by atoms with van der Waals surface area (Å²) in [5, 5.41) is 5.05. The molecule has 100 valence electrons. The number of nitrogens with zero attached hydrogens (tertiary/aromatic N) is 2. The highest BCUT2D eigenvalue weighted by Crippen LogP contribution is 2.18. The summed E-state index contributed by atoms with van der Waals surface area (Å²) in [6.45, 7) is 0. The number of rotatable bonds is 2. The predicted molar refractivity (Wildman–Crippen MR) is 82.1 cm³/mol. The molecule has 2 aromatic rings. The van der Waals surface area contributed by atoms with Crippen molar-refractivity contribution in [3.63, 3.8) is 0 Å². The third kappa shape index (κ3) is 3.05. The van der Waals surface area contributed by atoms with Crippen molar-refractivity contribution in [2.24, 2.45) is 10.1 Å². The number of aliphatic imine (C=N–C) groups is 1. The van der Waals surface area contributed by atoms with E-state index in [1.165, 1.54) is 12.1 Å². The van der Waals surface area contributed by atoms with Gasteiger partial charge < -0.3 is 0 Å². The van der Waals surface area contributed by atoms with Gasteiger partial charge in [0, 0.05) is 5.75 Å². The van der Waals surface area contributed by atoms with Crippen LogP contribution in [0.5, 0.6) is 0 Å². The van der Waals surface area contributed by atoms with Crippen LogP contribution < -0.4 is 5.43 Å². The van der Waals surface area contributed by atoms with Crippen LogP contribution in [-0.2, 0) is 0 Å². The largest absolute Gasteiger partial charge is 0.255 e. The number of thioether (sulfide) groups is 1. The molecule has 0 spiro atoms. The third-order valence-corrected chi connectivity index (χ3v) is 3.67. The second-order valence-corrected chi connectivity index (χ2v) is 5.18. The molecule has 3 nitrogen and oxygen atoms in total. The molecule has 0 aliphatic carbocycles. The molecule has 0 saturated carbocycles. The average Bonchev–Trinajstić information content (AvgIpc) is 2.51. The molecule has 3 rings (SSSR count). The Morgan fingerprint density at radius 3 is 2.45 bits per heavy atom. The lowest BCUT2D eigenvalue weighted by Gasteiger charge is -2.14. The first-order valence-corrected chi connectivity index (χ1v) is 7.15. The van der Waals surface area contributed by atoms with Gasteiger partial charge in [-0.1, -0.05) is 42.1 Å². The summed E-state index contributed by atoms with van der Waals surface area (Å²) in [6.07, 6.45) is 0. The molecule has 0 aromatic heterocycles. The van der Waals surface area contributed by atoms with E-state index in [4.69, 9.17) is 0 Å². The normalized spacial score (nSPS) is 16.6. The molecule has 1 heterocycles. The minimum absolute atomic E-state index is 0.261. The Hall–Kier alpha value is -2.14. The third-order valence-electron chi connectivity index (χ3n) is 2.80. The molecule has 5 heteroatoms. The number of hydrazone groups is 1. The van der Waals surface area contributed by atoms with Crippen LogP contribution in [0.25, 0.3) is 0 Å². The summed E-state index contributed by atoms with van der Waals surface area (Å²) in [4.78, 5) is 4.38. The summed E-state index contributed by atoms with van der Waals surface area (Å²) >= 11 is 1.58. The van der Waals surface area contributed by atoms with E-state index in [1.54, 1.807) is 23.9 Å². The van der Waals surface area contributed by atoms with E-state index in [9.17, 15) is 4.39 Å². The van der Waals surface area contributed by atoms with Gasteiger partial charge in [-0.15, -0.1) is 0 Å². The molecule has 1 aliphatic heterocycles. The topological polar surface area (TPSA) is 36.8 Å². The van der Waals surface area contributed by atoms with Crippen LogP contribution in [0.15, 0.2) is 64.7 Å². The second-order valence-electron chi connectivity index (χ2n) is 4.22. The minimum Gasteiger partial charge on any atom is -0.255 e. The smallest absolute Gasteiger partial charge is 0.182 e. The van der Waals surface area contributed by atoms with Gasteiger partial charge in [-0.25, -0.2) is 9.38 Å². The molecule has 0 saturated heterocycles. The van der Waals surface area contributed by atoms with E-state index in [0.29, 0.717) is 5.69 Å². The lowest BCUT2D eigenvalue weighted by molar-refractivity contribution is 0.628. The minimum atomic E-state index is -0.261. The van der Waals surface area contributed by atoms with Crippen molar-refractivity contribution < 1.29 is 4.39 Å². The molecule has 0 unspecified atom stereocenters. The van der Waals surface area contributed by atoms with Crippen molar-refractivity contribution in [1.82, 2.24) is 5.43 Å². The van der Waals surface area contributed by atoms with E-state index in [-0.39, 0.29) is 5.82 Å². The standard InChI is InChI=1S/C15H12FN3S/c16-12-6-8-13(9-7-12)17-15-19-18-14(10-20-15)11-4-2-1-3-5-11/h1-9H,10H2,(H,17,19). The molecular weight excluding hydrogens is 273 g/mol. The molecule has 0 atom stereocenters. The van der Waals surface area contributed by atoms with E-state index in [2.05, 4.69) is 15.5 Å². The average molecular weight is 285 g/mol. The van der Waals surface area contributed by atoms with Crippen molar-refractivity contribution in [2.45, 2.75) is 0 Å². The Bertz CT molecular complexity index is 651. The van der Waals surface area contributed by atoms with Crippen molar-refractivity contribution in [3.8, 4) is 0 Å². The summed E-state index contributed by atoms with van der Waals surface area (Å²) in [5.74, 6) is 0.499. The Morgan fingerprint density at radius 1 is 1.05 bits per heavy atom. The fraction of sp³-hybridized carbons (Fsp3) is 0.0667. The molecule has 1 N–H and O–H groups in total. The highest BCUT2D eigenvalue weighted by molar-refractivity contribution is 8.14. The number of halogens is 1. The molecular formula is C15H12FN3S. The molecule has 0 bridgehead atoms. The molecule has 0 radical (unpaired) electrons. The van der Waals surface area contributed by atoms with Gasteiger partial charge in [0.05, 0.1) is 11.4 Å².